The van der Waals surface area contributed by atoms with E-state index in [0.717, 1.165) is 29.9 Å². The van der Waals surface area contributed by atoms with Crippen molar-refractivity contribution in [2.24, 2.45) is 0 Å². The Balaban J connectivity index is 1.55. The van der Waals surface area contributed by atoms with E-state index >= 15 is 0 Å². The highest BCUT2D eigenvalue weighted by atomic mass is 32.2. The lowest BCUT2D eigenvalue weighted by Gasteiger charge is -2.07. The molecule has 0 saturated heterocycles. The van der Waals surface area contributed by atoms with Gasteiger partial charge in [0.05, 0.1) is 17.3 Å². The van der Waals surface area contributed by atoms with Crippen molar-refractivity contribution < 1.29 is 18.3 Å². The second-order valence-corrected chi connectivity index (χ2v) is 12.8. The van der Waals surface area contributed by atoms with Crippen LogP contribution in [0.25, 0.3) is 12.2 Å². The van der Waals surface area contributed by atoms with Crippen LogP contribution in [0.2, 0.25) is 0 Å². The number of ether oxygens (including phenoxy) is 1. The molecule has 0 fully saturated rings. The normalized spacial score (nSPS) is 11.8. The van der Waals surface area contributed by atoms with Crippen molar-refractivity contribution >= 4 is 22.0 Å². The molecule has 0 amide bonds. The van der Waals surface area contributed by atoms with Crippen LogP contribution in [0.3, 0.4) is 0 Å². The molecule has 0 heterocycles. The molecule has 218 valence electrons. The van der Waals surface area contributed by atoms with Crippen molar-refractivity contribution in [2.45, 2.75) is 115 Å². The second-order valence-electron chi connectivity index (χ2n) is 10.7. The van der Waals surface area contributed by atoms with Gasteiger partial charge in [0, 0.05) is 6.61 Å². The van der Waals surface area contributed by atoms with Gasteiger partial charge in [0.15, 0.2) is 9.84 Å². The number of aliphatic hydroxyl groups is 1. The minimum Gasteiger partial charge on any atom is -0.494 e. The molecule has 0 atom stereocenters. The monoisotopic (exact) mass is 556 g/mol. The number of rotatable bonds is 23. The van der Waals surface area contributed by atoms with Crippen molar-refractivity contribution in [2.75, 3.05) is 19.0 Å². The Bertz CT molecular complexity index is 994. The summed E-state index contributed by atoms with van der Waals surface area (Å²) in [6.07, 6.45) is 24.0. The van der Waals surface area contributed by atoms with E-state index in [4.69, 9.17) is 9.84 Å². The maximum absolute atomic E-state index is 12.3. The van der Waals surface area contributed by atoms with Gasteiger partial charge in [-0.3, -0.25) is 0 Å². The van der Waals surface area contributed by atoms with Crippen LogP contribution in [0.5, 0.6) is 5.75 Å². The Labute approximate surface area is 238 Å². The third-order valence-corrected chi connectivity index (χ3v) is 8.99. The van der Waals surface area contributed by atoms with Crippen LogP contribution in [0.1, 0.15) is 121 Å². The summed E-state index contributed by atoms with van der Waals surface area (Å²) in [5, 5.41) is 8.85. The van der Waals surface area contributed by atoms with Crippen LogP contribution in [-0.4, -0.2) is 32.5 Å². The van der Waals surface area contributed by atoms with Gasteiger partial charge in [-0.2, -0.15) is 0 Å². The summed E-state index contributed by atoms with van der Waals surface area (Å²) in [4.78, 5) is 0.331. The lowest BCUT2D eigenvalue weighted by Crippen LogP contribution is -2.07. The Kier molecular flexibility index (Phi) is 17.6. The Morgan fingerprint density at radius 2 is 1.08 bits per heavy atom. The molecule has 0 radical (unpaired) electrons. The average Bonchev–Trinajstić information content (AvgIpc) is 2.95. The summed E-state index contributed by atoms with van der Waals surface area (Å²) in [5.41, 5.74) is 2.02. The van der Waals surface area contributed by atoms with Crippen molar-refractivity contribution in [3.63, 3.8) is 0 Å². The second kappa shape index (κ2) is 20.7. The summed E-state index contributed by atoms with van der Waals surface area (Å²) < 4.78 is 30.6. The molecule has 1 N–H and O–H groups in total. The summed E-state index contributed by atoms with van der Waals surface area (Å²) in [6.45, 7) is 3.06. The van der Waals surface area contributed by atoms with Gasteiger partial charge in [-0.15, -0.1) is 0 Å². The molecule has 0 aliphatic carbocycles. The van der Waals surface area contributed by atoms with Gasteiger partial charge >= 0.3 is 0 Å². The quantitative estimate of drug-likeness (QED) is 0.109. The van der Waals surface area contributed by atoms with E-state index in [1.54, 1.807) is 12.1 Å². The van der Waals surface area contributed by atoms with Crippen LogP contribution < -0.4 is 4.74 Å². The van der Waals surface area contributed by atoms with E-state index in [1.165, 1.54) is 83.5 Å². The first kappa shape index (κ1) is 33.1. The zero-order valence-electron chi connectivity index (χ0n) is 24.3. The summed E-state index contributed by atoms with van der Waals surface area (Å²) in [6, 6.07) is 15.0. The van der Waals surface area contributed by atoms with Crippen LogP contribution in [0.4, 0.5) is 0 Å². The standard InChI is InChI=1S/C34H52O4S/c1-2-3-4-5-6-7-8-9-10-11-12-13-14-16-29-38-33-24-20-31(21-25-33)18-19-32-22-26-34(27-23-32)39(36,37)30-17-15-28-35/h18-27,35H,2-17,28-30H2,1H3. The Hall–Kier alpha value is -2.11. The molecular formula is C34H52O4S. The van der Waals surface area contributed by atoms with E-state index in [2.05, 4.69) is 6.92 Å². The van der Waals surface area contributed by atoms with E-state index in [1.807, 2.05) is 48.6 Å². The lowest BCUT2D eigenvalue weighted by atomic mass is 10.0. The number of hydrogen-bond donors (Lipinski definition) is 1. The lowest BCUT2D eigenvalue weighted by molar-refractivity contribution is 0.287. The van der Waals surface area contributed by atoms with Gasteiger partial charge in [0.25, 0.3) is 0 Å². The van der Waals surface area contributed by atoms with Crippen molar-refractivity contribution in [1.82, 2.24) is 0 Å². The van der Waals surface area contributed by atoms with Gasteiger partial charge in [0.2, 0.25) is 0 Å². The third-order valence-electron chi connectivity index (χ3n) is 7.18. The molecule has 0 aliphatic rings. The molecule has 2 rings (SSSR count). The average molecular weight is 557 g/mol. The fraction of sp³-hybridized carbons (Fsp3) is 0.588. The highest BCUT2D eigenvalue weighted by Gasteiger charge is 2.13. The maximum Gasteiger partial charge on any atom is 0.178 e. The minimum atomic E-state index is -3.29. The smallest absolute Gasteiger partial charge is 0.178 e. The largest absolute Gasteiger partial charge is 0.494 e. The van der Waals surface area contributed by atoms with Crippen molar-refractivity contribution in [1.29, 1.82) is 0 Å². The van der Waals surface area contributed by atoms with E-state index in [0.29, 0.717) is 17.7 Å². The SMILES string of the molecule is CCCCCCCCCCCCCCCCOc1ccc(C=Cc2ccc(S(=O)(=O)CCCCO)cc2)cc1. The molecule has 2 aromatic carbocycles. The number of sulfone groups is 1. The van der Waals surface area contributed by atoms with Crippen molar-refractivity contribution in [3.05, 3.63) is 59.7 Å². The molecule has 0 aromatic heterocycles. The summed E-state index contributed by atoms with van der Waals surface area (Å²) in [5.74, 6) is 0.967. The molecule has 2 aromatic rings. The van der Waals surface area contributed by atoms with Crippen LogP contribution >= 0.6 is 0 Å². The molecule has 5 heteroatoms. The topological polar surface area (TPSA) is 63.6 Å². The molecule has 0 bridgehead atoms. The van der Waals surface area contributed by atoms with Gasteiger partial charge < -0.3 is 9.84 Å². The van der Waals surface area contributed by atoms with Crippen molar-refractivity contribution in [3.8, 4) is 5.75 Å². The summed E-state index contributed by atoms with van der Waals surface area (Å²) >= 11 is 0. The highest BCUT2D eigenvalue weighted by Crippen LogP contribution is 2.18. The van der Waals surface area contributed by atoms with Crippen LogP contribution in [0.15, 0.2) is 53.4 Å². The van der Waals surface area contributed by atoms with Gasteiger partial charge in [-0.1, -0.05) is 127 Å². The third kappa shape index (κ3) is 15.3. The Morgan fingerprint density at radius 1 is 0.615 bits per heavy atom. The predicted octanol–water partition coefficient (Wildman–Crippen LogP) is 9.26. The molecule has 0 spiro atoms. The zero-order chi connectivity index (χ0) is 28.0. The first-order chi connectivity index (χ1) is 19.0. The number of hydrogen-bond acceptors (Lipinski definition) is 4. The maximum atomic E-state index is 12.3. The number of unbranched alkanes of at least 4 members (excludes halogenated alkanes) is 14. The predicted molar refractivity (Wildman–Crippen MR) is 166 cm³/mol. The van der Waals surface area contributed by atoms with Gasteiger partial charge in [-0.05, 0) is 54.7 Å². The van der Waals surface area contributed by atoms with Crippen LogP contribution in [-0.2, 0) is 9.84 Å². The summed E-state index contributed by atoms with van der Waals surface area (Å²) in [7, 11) is -3.29. The molecule has 0 unspecified atom stereocenters. The van der Waals surface area contributed by atoms with E-state index < -0.39 is 9.84 Å². The number of benzene rings is 2. The first-order valence-electron chi connectivity index (χ1n) is 15.4. The number of aliphatic hydroxyl groups excluding tert-OH is 1. The van der Waals surface area contributed by atoms with E-state index in [9.17, 15) is 8.42 Å². The minimum absolute atomic E-state index is 0.0197. The van der Waals surface area contributed by atoms with Gasteiger partial charge in [0.1, 0.15) is 5.75 Å². The molecule has 39 heavy (non-hydrogen) atoms. The van der Waals surface area contributed by atoms with Crippen LogP contribution in [0, 0.1) is 0 Å². The fourth-order valence-corrected chi connectivity index (χ4v) is 6.03. The first-order valence-corrected chi connectivity index (χ1v) is 17.0. The molecule has 0 saturated carbocycles. The Morgan fingerprint density at radius 3 is 1.56 bits per heavy atom. The molecule has 4 nitrogen and oxygen atoms in total. The van der Waals surface area contributed by atoms with Gasteiger partial charge in [-0.25, -0.2) is 8.42 Å². The molecular weight excluding hydrogens is 504 g/mol. The highest BCUT2D eigenvalue weighted by molar-refractivity contribution is 7.91. The fourth-order valence-electron chi connectivity index (χ4n) is 4.66. The molecule has 0 aliphatic heterocycles. The zero-order valence-corrected chi connectivity index (χ0v) is 25.1. The van der Waals surface area contributed by atoms with E-state index in [-0.39, 0.29) is 12.4 Å².